The molecule has 0 aliphatic heterocycles. The Morgan fingerprint density at radius 3 is 2.26 bits per heavy atom. The van der Waals surface area contributed by atoms with Crippen molar-refractivity contribution < 1.29 is 31.1 Å². The van der Waals surface area contributed by atoms with Crippen LogP contribution in [0.1, 0.15) is 17.5 Å². The van der Waals surface area contributed by atoms with E-state index >= 15 is 0 Å². The Kier molecular flexibility index (Phi) is 7.37. The average molecular weight is 395 g/mol. The van der Waals surface area contributed by atoms with Crippen LogP contribution in [0.15, 0.2) is 22.1 Å². The molecule has 0 fully saturated rings. The van der Waals surface area contributed by atoms with E-state index in [9.17, 15) is 26.3 Å². The van der Waals surface area contributed by atoms with Gasteiger partial charge in [-0.05, 0) is 30.0 Å². The minimum absolute atomic E-state index is 0.0976. The zero-order chi connectivity index (χ0) is 20.8. The molecule has 0 spiro atoms. The molecule has 0 bridgehead atoms. The zero-order valence-electron chi connectivity index (χ0n) is 13.7. The van der Waals surface area contributed by atoms with Crippen LogP contribution in [0.2, 0.25) is 0 Å². The van der Waals surface area contributed by atoms with E-state index in [-0.39, 0.29) is 24.0 Å². The first kappa shape index (κ1) is 22.0. The summed E-state index contributed by atoms with van der Waals surface area (Å²) >= 11 is 0. The van der Waals surface area contributed by atoms with Gasteiger partial charge < -0.3 is 17.2 Å². The molecule has 148 valence electrons. The number of halogens is 6. The van der Waals surface area contributed by atoms with Crippen molar-refractivity contribution in [3.8, 4) is 0 Å². The van der Waals surface area contributed by atoms with Gasteiger partial charge in [0.25, 0.3) is 0 Å². The van der Waals surface area contributed by atoms with E-state index in [1.54, 1.807) is 6.08 Å². The van der Waals surface area contributed by atoms with Crippen molar-refractivity contribution in [2.75, 3.05) is 6.54 Å². The Balaban J connectivity index is 0.000000527. The van der Waals surface area contributed by atoms with Crippen LogP contribution in [0.5, 0.6) is 0 Å². The molecule has 1 aromatic rings. The molecule has 6 nitrogen and oxygen atoms in total. The summed E-state index contributed by atoms with van der Waals surface area (Å²) in [6.45, 7) is 0.201. The highest BCUT2D eigenvalue weighted by Gasteiger charge is 2.25. The van der Waals surface area contributed by atoms with E-state index in [1.807, 2.05) is 0 Å². The van der Waals surface area contributed by atoms with Crippen LogP contribution in [0, 0.1) is 17.5 Å². The number of fused-ring (bicyclic) bond motifs is 1. The molecule has 0 saturated carbocycles. The fourth-order valence-corrected chi connectivity index (χ4v) is 2.17. The summed E-state index contributed by atoms with van der Waals surface area (Å²) in [4.78, 5) is 16.1. The summed E-state index contributed by atoms with van der Waals surface area (Å²) in [7, 11) is 0. The monoisotopic (exact) mass is 395 g/mol. The predicted molar refractivity (Wildman–Crippen MR) is 87.0 cm³/mol. The molecule has 12 heteroatoms. The summed E-state index contributed by atoms with van der Waals surface area (Å²) in [5, 5.41) is 0. The van der Waals surface area contributed by atoms with Gasteiger partial charge in [0.1, 0.15) is 0 Å². The normalized spacial score (nSPS) is 13.3. The lowest BCUT2D eigenvalue weighted by atomic mass is 10.0. The van der Waals surface area contributed by atoms with Gasteiger partial charge in [0.2, 0.25) is 12.2 Å². The van der Waals surface area contributed by atoms with Gasteiger partial charge in [0, 0.05) is 12.1 Å². The van der Waals surface area contributed by atoms with Crippen LogP contribution >= 0.6 is 0 Å². The number of alkyl halides is 3. The van der Waals surface area contributed by atoms with E-state index in [2.05, 4.69) is 9.98 Å². The third-order valence-electron chi connectivity index (χ3n) is 3.17. The Bertz CT molecular complexity index is 797. The van der Waals surface area contributed by atoms with Crippen LogP contribution in [0.3, 0.4) is 0 Å². The number of allylic oxidation sites excluding steroid dienone is 1. The molecular formula is C15H15F6N5O. The number of hydrogen-bond acceptors (Lipinski definition) is 2. The smallest absolute Gasteiger partial charge is 0.370 e. The molecule has 2 rings (SSSR count). The number of hydrogen-bond donors (Lipinski definition) is 3. The van der Waals surface area contributed by atoms with Crippen molar-refractivity contribution >= 4 is 23.8 Å². The summed E-state index contributed by atoms with van der Waals surface area (Å²) in [5.41, 5.74) is 16.8. The number of guanidine groups is 2. The number of carbonyl (C=O) groups excluding carboxylic acids is 1. The van der Waals surface area contributed by atoms with E-state index in [1.165, 1.54) is 0 Å². The highest BCUT2D eigenvalue weighted by Crippen LogP contribution is 2.34. The number of nitrogens with two attached hydrogens (primary N) is 3. The molecule has 0 heterocycles. The number of nitrogens with zero attached hydrogens (tertiary/aromatic N) is 2. The number of benzene rings is 1. The summed E-state index contributed by atoms with van der Waals surface area (Å²) in [6.07, 6.45) is -3.33. The van der Waals surface area contributed by atoms with Gasteiger partial charge in [0.05, 0.1) is 0 Å². The summed E-state index contributed by atoms with van der Waals surface area (Å²) in [6, 6.07) is 1.01. The number of aliphatic imine (C=N–C) groups is 2. The topological polar surface area (TPSA) is 120 Å². The second kappa shape index (κ2) is 9.05. The van der Waals surface area contributed by atoms with Crippen LogP contribution in [0.4, 0.5) is 26.3 Å². The minimum atomic E-state index is -4.64. The number of rotatable bonds is 3. The molecule has 0 atom stereocenters. The van der Waals surface area contributed by atoms with Crippen molar-refractivity contribution in [1.82, 2.24) is 0 Å². The van der Waals surface area contributed by atoms with Crippen LogP contribution in [-0.2, 0) is 11.2 Å². The molecule has 0 aromatic heterocycles. The fraction of sp³-hybridized carbons (Fsp3) is 0.267. The highest BCUT2D eigenvalue weighted by atomic mass is 19.4. The van der Waals surface area contributed by atoms with Crippen molar-refractivity contribution in [3.05, 3.63) is 40.7 Å². The lowest BCUT2D eigenvalue weighted by molar-refractivity contribution is -0.156. The standard InChI is InChI=1S/C13H14F3N5.C2HF3O/c14-8-5-7-2-1-6(9(7)11(16)10(8)15)3-4-20-13(19)21-12(17)18;3-2(4,5)1-6/h1,5H,2-4H2,(H6,17,18,19,20,21);1H. The first-order valence-electron chi connectivity index (χ1n) is 7.24. The molecule has 1 aliphatic carbocycles. The molecule has 27 heavy (non-hydrogen) atoms. The van der Waals surface area contributed by atoms with Crippen molar-refractivity contribution in [2.45, 2.75) is 19.0 Å². The largest absolute Gasteiger partial charge is 0.446 e. The predicted octanol–water partition coefficient (Wildman–Crippen LogP) is 1.77. The second-order valence-corrected chi connectivity index (χ2v) is 5.14. The zero-order valence-corrected chi connectivity index (χ0v) is 13.7. The Morgan fingerprint density at radius 1 is 1.15 bits per heavy atom. The van der Waals surface area contributed by atoms with E-state index in [4.69, 9.17) is 22.0 Å². The maximum Gasteiger partial charge on any atom is 0.446 e. The molecule has 0 unspecified atom stereocenters. The van der Waals surface area contributed by atoms with Gasteiger partial charge in [-0.25, -0.2) is 13.2 Å². The van der Waals surface area contributed by atoms with Gasteiger partial charge >= 0.3 is 6.18 Å². The first-order valence-corrected chi connectivity index (χ1v) is 7.24. The lowest BCUT2D eigenvalue weighted by Gasteiger charge is -2.07. The maximum absolute atomic E-state index is 13.8. The second-order valence-electron chi connectivity index (χ2n) is 5.14. The highest BCUT2D eigenvalue weighted by molar-refractivity contribution is 5.92. The molecule has 0 saturated heterocycles. The molecule has 6 N–H and O–H groups in total. The molecule has 1 aromatic carbocycles. The van der Waals surface area contributed by atoms with Gasteiger partial charge in [-0.2, -0.15) is 18.2 Å². The van der Waals surface area contributed by atoms with Gasteiger partial charge in [0.15, 0.2) is 23.4 Å². The first-order chi connectivity index (χ1) is 12.5. The molecule has 0 radical (unpaired) electrons. The van der Waals surface area contributed by atoms with Crippen molar-refractivity contribution in [1.29, 1.82) is 0 Å². The summed E-state index contributed by atoms with van der Waals surface area (Å²) in [5.74, 6) is -4.14. The number of carbonyl (C=O) groups is 1. The van der Waals surface area contributed by atoms with Crippen LogP contribution in [-0.4, -0.2) is 30.9 Å². The van der Waals surface area contributed by atoms with Crippen molar-refractivity contribution in [2.24, 2.45) is 27.2 Å². The van der Waals surface area contributed by atoms with Gasteiger partial charge in [-0.15, -0.1) is 0 Å². The van der Waals surface area contributed by atoms with E-state index < -0.39 is 29.9 Å². The number of aldehydes is 1. The Labute approximate surface area is 149 Å². The average Bonchev–Trinajstić information content (AvgIpc) is 2.95. The maximum atomic E-state index is 13.8. The summed E-state index contributed by atoms with van der Waals surface area (Å²) < 4.78 is 71.5. The van der Waals surface area contributed by atoms with Crippen LogP contribution in [0.25, 0.3) is 5.57 Å². The van der Waals surface area contributed by atoms with E-state index in [0.29, 0.717) is 24.0 Å². The molecule has 0 amide bonds. The third kappa shape index (κ3) is 6.64. The minimum Gasteiger partial charge on any atom is -0.370 e. The van der Waals surface area contributed by atoms with Crippen molar-refractivity contribution in [3.63, 3.8) is 0 Å². The molecular weight excluding hydrogens is 380 g/mol. The third-order valence-corrected chi connectivity index (χ3v) is 3.17. The lowest BCUT2D eigenvalue weighted by Crippen LogP contribution is -2.26. The Hall–Kier alpha value is -3.05. The Morgan fingerprint density at radius 2 is 1.74 bits per heavy atom. The SMILES string of the molecule is NC(N)=NC(N)=NCCC1=CCc2cc(F)c(F)c(F)c21.O=CC(F)(F)F. The van der Waals surface area contributed by atoms with Gasteiger partial charge in [-0.3, -0.25) is 9.79 Å². The van der Waals surface area contributed by atoms with Crippen LogP contribution < -0.4 is 17.2 Å². The fourth-order valence-electron chi connectivity index (χ4n) is 2.17. The van der Waals surface area contributed by atoms with Gasteiger partial charge in [-0.1, -0.05) is 6.08 Å². The quantitative estimate of drug-likeness (QED) is 0.238. The molecule has 1 aliphatic rings. The van der Waals surface area contributed by atoms with E-state index in [0.717, 1.165) is 6.07 Å².